The Morgan fingerprint density at radius 3 is 1.27 bits per heavy atom. The highest BCUT2D eigenvalue weighted by Crippen LogP contribution is 2.22. The number of nitrogens with two attached hydrogens (primary N) is 4. The number of aliphatic carboxylic acids is 5. The lowest BCUT2D eigenvalue weighted by Crippen LogP contribution is -2.61. The fourth-order valence-electron chi connectivity index (χ4n) is 12.6. The predicted octanol–water partition coefficient (Wildman–Crippen LogP) is -6.93. The van der Waals surface area contributed by atoms with Crippen LogP contribution in [0, 0.1) is 23.2 Å². The first kappa shape index (κ1) is 110. The molecule has 14 unspecified atom stereocenters. The molecule has 1 aromatic rings. The SMILES string of the molecule is CSCCC(NC(=O)C(CCC(=O)O)NC(=O)C(CCC(=O)O)NC(=O)C(CCC(=O)O)NC(=O)C(CCC(=O)O)NC(=O)C(N)CCC(=O)O)C(=O)NC(C)C(=O)NC(C(=O)NC(C(=O)N1CCCC1C(=O)NC(CCC(N)=O)C(=O)NCC(=O)NC(CC(C)C)C(=O)NC(Cc1ccccc1)C(=O)NC(CCCNC(=N)N)C(=O)NCC(N)=O)C(C)C)C(C)C. The molecule has 708 valence electrons. The van der Waals surface area contributed by atoms with Crippen molar-refractivity contribution >= 4 is 148 Å². The smallest absolute Gasteiger partial charge is 0.303 e. The molecule has 14 atom stereocenters. The van der Waals surface area contributed by atoms with Gasteiger partial charge in [-0.3, -0.25) is 111 Å². The molecule has 0 radical (unpaired) electrons. The molecule has 1 aliphatic heterocycles. The van der Waals surface area contributed by atoms with Crippen LogP contribution in [0.4, 0.5) is 0 Å². The molecule has 2 rings (SSSR count). The number of carboxylic acid groups (broad SMARTS) is 5. The van der Waals surface area contributed by atoms with Gasteiger partial charge in [0.1, 0.15) is 78.5 Å². The van der Waals surface area contributed by atoms with E-state index in [0.29, 0.717) is 5.56 Å². The zero-order valence-corrected chi connectivity index (χ0v) is 72.9. The lowest BCUT2D eigenvalue weighted by Gasteiger charge is -2.33. The molecule has 1 heterocycles. The summed E-state index contributed by atoms with van der Waals surface area (Å²) in [5.41, 5.74) is 22.4. The van der Waals surface area contributed by atoms with Crippen LogP contribution in [-0.2, 0) is 112 Å². The normalized spacial score (nSPS) is 15.3. The Morgan fingerprint density at radius 1 is 0.425 bits per heavy atom. The molecule has 0 aliphatic carbocycles. The molecule has 1 aromatic carbocycles. The number of carbonyl (C=O) groups is 22. The Bertz CT molecular complexity index is 4050. The van der Waals surface area contributed by atoms with Crippen LogP contribution in [0.25, 0.3) is 0 Å². The highest BCUT2D eigenvalue weighted by atomic mass is 32.2. The van der Waals surface area contributed by atoms with Crippen molar-refractivity contribution in [1.82, 2.24) is 84.7 Å². The van der Waals surface area contributed by atoms with E-state index in [9.17, 15) is 126 Å². The number of primary amides is 2. The van der Waals surface area contributed by atoms with Crippen LogP contribution in [0.1, 0.15) is 170 Å². The van der Waals surface area contributed by atoms with Crippen LogP contribution in [-0.4, -0.2) is 289 Å². The van der Waals surface area contributed by atoms with Crippen LogP contribution in [0.2, 0.25) is 0 Å². The lowest BCUT2D eigenvalue weighted by atomic mass is 9.98. The molecule has 1 saturated heterocycles. The van der Waals surface area contributed by atoms with Gasteiger partial charge in [-0.25, -0.2) is 0 Å². The lowest BCUT2D eigenvalue weighted by molar-refractivity contribution is -0.143. The maximum absolute atomic E-state index is 14.7. The summed E-state index contributed by atoms with van der Waals surface area (Å²) < 4.78 is 0. The number of hydrogen-bond donors (Lipinski definition) is 25. The summed E-state index contributed by atoms with van der Waals surface area (Å²) in [6.45, 7) is 9.60. The average Bonchev–Trinajstić information content (AvgIpc) is 1.74. The molecule has 0 bridgehead atoms. The van der Waals surface area contributed by atoms with Crippen molar-refractivity contribution in [3.63, 3.8) is 0 Å². The van der Waals surface area contributed by atoms with Gasteiger partial charge in [0.05, 0.1) is 19.1 Å². The quantitative estimate of drug-likeness (QED) is 0.0164. The summed E-state index contributed by atoms with van der Waals surface area (Å²) in [7, 11) is 0. The van der Waals surface area contributed by atoms with Gasteiger partial charge in [0, 0.05) is 58.0 Å². The minimum atomic E-state index is -1.99. The molecular formula is C78H123N21O27S. The fourth-order valence-corrected chi connectivity index (χ4v) is 13.1. The number of thioether (sulfide) groups is 1. The first-order chi connectivity index (χ1) is 59.5. The van der Waals surface area contributed by atoms with E-state index in [2.05, 4.69) is 79.8 Å². The van der Waals surface area contributed by atoms with E-state index in [-0.39, 0.29) is 75.7 Å². The van der Waals surface area contributed by atoms with Crippen LogP contribution < -0.4 is 103 Å². The Balaban J connectivity index is 2.38. The van der Waals surface area contributed by atoms with Crippen LogP contribution in [0.5, 0.6) is 0 Å². The molecule has 0 saturated carbocycles. The van der Waals surface area contributed by atoms with Gasteiger partial charge >= 0.3 is 29.8 Å². The summed E-state index contributed by atoms with van der Waals surface area (Å²) in [6, 6.07) is -13.6. The van der Waals surface area contributed by atoms with E-state index in [1.54, 1.807) is 64.3 Å². The number of carbonyl (C=O) groups excluding carboxylic acids is 17. The number of hydrogen-bond acceptors (Lipinski definition) is 25. The average molecular weight is 1820 g/mol. The van der Waals surface area contributed by atoms with Crippen molar-refractivity contribution < 1.29 is 131 Å². The Morgan fingerprint density at radius 2 is 0.827 bits per heavy atom. The van der Waals surface area contributed by atoms with Gasteiger partial charge in [0.2, 0.25) is 100 Å². The van der Waals surface area contributed by atoms with Gasteiger partial charge in [-0.05, 0) is 119 Å². The number of nitrogens with zero attached hydrogens (tertiary/aromatic N) is 1. The number of benzene rings is 1. The number of carboxylic acids is 5. The Labute approximate surface area is 735 Å². The third-order valence-electron chi connectivity index (χ3n) is 19.5. The van der Waals surface area contributed by atoms with Gasteiger partial charge < -0.3 is 133 Å². The van der Waals surface area contributed by atoms with Crippen molar-refractivity contribution in [2.24, 2.45) is 40.7 Å². The molecule has 49 heteroatoms. The third-order valence-corrected chi connectivity index (χ3v) is 20.1. The van der Waals surface area contributed by atoms with Gasteiger partial charge in [0.15, 0.2) is 5.96 Å². The monoisotopic (exact) mass is 1820 g/mol. The molecule has 29 N–H and O–H groups in total. The van der Waals surface area contributed by atoms with E-state index in [1.165, 1.54) is 37.4 Å². The number of rotatable bonds is 61. The zero-order chi connectivity index (χ0) is 96.1. The topological polar surface area (TPSA) is 788 Å². The van der Waals surface area contributed by atoms with Crippen molar-refractivity contribution in [3.05, 3.63) is 35.9 Å². The van der Waals surface area contributed by atoms with Crippen molar-refractivity contribution in [2.75, 3.05) is 38.2 Å². The first-order valence-electron chi connectivity index (χ1n) is 41.1. The van der Waals surface area contributed by atoms with E-state index >= 15 is 0 Å². The highest BCUT2D eigenvalue weighted by Gasteiger charge is 2.43. The van der Waals surface area contributed by atoms with Gasteiger partial charge in [-0.2, -0.15) is 11.8 Å². The second-order valence-corrected chi connectivity index (χ2v) is 32.2. The molecule has 0 spiro atoms. The van der Waals surface area contributed by atoms with Crippen LogP contribution in [0.3, 0.4) is 0 Å². The Hall–Kier alpha value is -12.9. The summed E-state index contributed by atoms with van der Waals surface area (Å²) >= 11 is 1.19. The van der Waals surface area contributed by atoms with Crippen molar-refractivity contribution in [3.8, 4) is 0 Å². The minimum Gasteiger partial charge on any atom is -0.481 e. The number of guanidine groups is 1. The molecule has 17 amide bonds. The van der Waals surface area contributed by atoms with Gasteiger partial charge in [-0.15, -0.1) is 0 Å². The van der Waals surface area contributed by atoms with E-state index in [1.807, 2.05) is 0 Å². The van der Waals surface area contributed by atoms with Gasteiger partial charge in [0.25, 0.3) is 0 Å². The molecule has 127 heavy (non-hydrogen) atoms. The zero-order valence-electron chi connectivity index (χ0n) is 72.1. The fraction of sp³-hybridized carbons (Fsp3) is 0.628. The maximum Gasteiger partial charge on any atom is 0.303 e. The Kier molecular flexibility index (Phi) is 49.4. The standard InChI is InChI=1S/C78H123N21O27S/c1-38(2)34-51(73(122)96-52(35-42-14-10-9-11-15-42)74(123)90-44(16-12-31-84-78(82)83)66(115)85-36-55(81)101)88-56(102)37-86-67(116)45(19-24-54(80)100)95-75(124)53-17-13-32-99(53)77(126)63(40(5)6)98-76(125)62(39(3)4)97-64(113)41(7)87-68(117)50(30-33-127-8)94-72(121)49(23-29-61(111)112)93-71(120)48(22-28-60(109)110)92-70(119)47(21-27-59(107)108)91-69(118)46(20-26-58(105)106)89-65(114)43(79)18-25-57(103)104/h9-11,14-15,38-41,43-53,62-63H,12-13,16-37,79H2,1-8H3,(H2,80,100)(H2,81,101)(H,85,115)(H,86,116)(H,87,117)(H,88,102)(H,89,114)(H,90,123)(H,91,118)(H,92,119)(H,93,120)(H,94,121)(H,95,124)(H,96,122)(H,97,113)(H,98,125)(H,103,104)(H,105,106)(H,107,108)(H,109,110)(H,111,112)(H4,82,83,84). The van der Waals surface area contributed by atoms with Crippen molar-refractivity contribution in [1.29, 1.82) is 5.41 Å². The minimum absolute atomic E-state index is 0.0115. The van der Waals surface area contributed by atoms with E-state index in [4.69, 9.17) is 33.5 Å². The summed E-state index contributed by atoms with van der Waals surface area (Å²) in [6.07, 6.45) is -6.47. The molecule has 48 nitrogen and oxygen atoms in total. The van der Waals surface area contributed by atoms with Gasteiger partial charge in [-0.1, -0.05) is 71.9 Å². The second kappa shape index (κ2) is 56.9. The number of nitrogens with one attached hydrogen (secondary N) is 16. The van der Waals surface area contributed by atoms with E-state index in [0.717, 1.165) is 0 Å². The maximum atomic E-state index is 14.7. The number of amides is 17. The summed E-state index contributed by atoms with van der Waals surface area (Å²) in [5.74, 6) is -26.4. The first-order valence-corrected chi connectivity index (χ1v) is 42.5. The van der Waals surface area contributed by atoms with Crippen LogP contribution in [0.15, 0.2) is 30.3 Å². The predicted molar refractivity (Wildman–Crippen MR) is 451 cm³/mol. The number of likely N-dealkylation sites (tertiary alicyclic amines) is 1. The largest absolute Gasteiger partial charge is 0.481 e. The molecule has 1 fully saturated rings. The summed E-state index contributed by atoms with van der Waals surface area (Å²) in [4.78, 5) is 293. The van der Waals surface area contributed by atoms with Crippen LogP contribution >= 0.6 is 11.8 Å². The summed E-state index contributed by atoms with van der Waals surface area (Å²) in [5, 5.41) is 91.2. The van der Waals surface area contributed by atoms with E-state index < -0.39 is 317 Å². The molecule has 1 aliphatic rings. The highest BCUT2D eigenvalue weighted by molar-refractivity contribution is 7.98. The second-order valence-electron chi connectivity index (χ2n) is 31.2. The van der Waals surface area contributed by atoms with Crippen molar-refractivity contribution in [2.45, 2.75) is 255 Å². The molecule has 0 aromatic heterocycles. The third kappa shape index (κ3) is 43.1. The molecular weight excluding hydrogens is 1700 g/mol.